The number of aromatic amines is 1. The fraction of sp³-hybridized carbons (Fsp3) is 0.300. The number of Topliss-reactive ketones (excluding diaryl/α,β-unsaturated/α-hetero) is 1. The van der Waals surface area contributed by atoms with Gasteiger partial charge in [-0.3, -0.25) is 9.79 Å². The van der Waals surface area contributed by atoms with Crippen LogP contribution in [0.25, 0.3) is 12.2 Å². The molecule has 6 heterocycles. The smallest absolute Gasteiger partial charge is 0.170 e. The van der Waals surface area contributed by atoms with Crippen molar-refractivity contribution >= 4 is 29.4 Å². The number of allylic oxidation sites excluding steroid dienone is 4. The molecule has 38 heavy (non-hydrogen) atoms. The first-order valence-electron chi connectivity index (χ1n) is 12.9. The van der Waals surface area contributed by atoms with E-state index in [1.807, 2.05) is 60.4 Å². The number of halogens is 1. The van der Waals surface area contributed by atoms with Crippen LogP contribution in [0.1, 0.15) is 38.6 Å². The summed E-state index contributed by atoms with van der Waals surface area (Å²) in [5.74, 6) is 0.0196. The number of fused-ring (bicyclic) bond motifs is 6. The molecule has 8 heteroatoms. The van der Waals surface area contributed by atoms with Gasteiger partial charge >= 0.3 is 0 Å². The number of nitrogens with zero attached hydrogens (tertiary/aromatic N) is 5. The highest BCUT2D eigenvalue weighted by atomic mass is 19.1. The van der Waals surface area contributed by atoms with Crippen molar-refractivity contribution in [3.63, 3.8) is 0 Å². The Bertz CT molecular complexity index is 1650. The lowest BCUT2D eigenvalue weighted by molar-refractivity contribution is -0.124. The van der Waals surface area contributed by atoms with Crippen molar-refractivity contribution in [2.24, 2.45) is 15.4 Å². The standard InChI is InChI=1S/C30H29FN6O/c1-5-12-37-25-15-23-9-8-21(35-23)13-20-6-7-22(34-20)14-24-10-11-30(36-24,19-16-32-18(2)33-17-19)26(31)27(37)29(3,4)28(25)38/h6-11,13-17,25,34H,5,12H2,1-4H3. The minimum absolute atomic E-state index is 0.0735. The third kappa shape index (κ3) is 3.74. The zero-order chi connectivity index (χ0) is 26.7. The number of nitrogens with one attached hydrogen (secondary N) is 1. The fourth-order valence-corrected chi connectivity index (χ4v) is 5.57. The lowest BCUT2D eigenvalue weighted by Gasteiger charge is -2.32. The van der Waals surface area contributed by atoms with Crippen molar-refractivity contribution in [2.75, 3.05) is 6.54 Å². The van der Waals surface area contributed by atoms with Crippen molar-refractivity contribution in [1.82, 2.24) is 19.9 Å². The molecule has 1 fully saturated rings. The van der Waals surface area contributed by atoms with Crippen LogP contribution in [0.2, 0.25) is 0 Å². The van der Waals surface area contributed by atoms with Crippen LogP contribution in [0.5, 0.6) is 0 Å². The zero-order valence-electron chi connectivity index (χ0n) is 21.9. The van der Waals surface area contributed by atoms with Gasteiger partial charge in [0.05, 0.1) is 28.2 Å². The van der Waals surface area contributed by atoms with Gasteiger partial charge in [-0.25, -0.2) is 19.4 Å². The summed E-state index contributed by atoms with van der Waals surface area (Å²) in [6.45, 7) is 7.91. The molecule has 0 spiro atoms. The Morgan fingerprint density at radius 1 is 1.05 bits per heavy atom. The van der Waals surface area contributed by atoms with Crippen molar-refractivity contribution in [3.8, 4) is 0 Å². The molecule has 2 aromatic rings. The summed E-state index contributed by atoms with van der Waals surface area (Å²) in [4.78, 5) is 37.5. The first-order chi connectivity index (χ1) is 18.2. The number of hydrogen-bond acceptors (Lipinski definition) is 6. The van der Waals surface area contributed by atoms with Crippen LogP contribution in [-0.2, 0) is 10.3 Å². The highest BCUT2D eigenvalue weighted by molar-refractivity contribution is 6.20. The first kappa shape index (κ1) is 24.2. The Morgan fingerprint density at radius 2 is 1.76 bits per heavy atom. The molecule has 2 aromatic heterocycles. The van der Waals surface area contributed by atoms with Gasteiger partial charge in [-0.2, -0.15) is 0 Å². The number of aromatic nitrogens is 3. The molecular weight excluding hydrogens is 479 g/mol. The molecule has 7 nitrogen and oxygen atoms in total. The van der Waals surface area contributed by atoms with Gasteiger partial charge in [0.15, 0.2) is 17.1 Å². The van der Waals surface area contributed by atoms with Crippen LogP contribution in [-0.4, -0.2) is 49.6 Å². The van der Waals surface area contributed by atoms with Crippen molar-refractivity contribution < 1.29 is 9.18 Å². The molecule has 2 unspecified atom stereocenters. The van der Waals surface area contributed by atoms with E-state index in [9.17, 15) is 4.79 Å². The second-order valence-electron chi connectivity index (χ2n) is 10.6. The molecule has 0 aliphatic carbocycles. The molecule has 1 saturated heterocycles. The first-order valence-corrected chi connectivity index (χ1v) is 12.9. The Morgan fingerprint density at radius 3 is 2.47 bits per heavy atom. The predicted molar refractivity (Wildman–Crippen MR) is 146 cm³/mol. The number of rotatable bonds is 3. The maximum atomic E-state index is 17.3. The maximum Gasteiger partial charge on any atom is 0.170 e. The van der Waals surface area contributed by atoms with Crippen molar-refractivity contribution in [2.45, 2.75) is 45.7 Å². The van der Waals surface area contributed by atoms with E-state index >= 15 is 4.39 Å². The Kier molecular flexibility index (Phi) is 5.52. The topological polar surface area (TPSA) is 86.6 Å². The second kappa shape index (κ2) is 8.68. The molecule has 8 bridgehead atoms. The van der Waals surface area contributed by atoms with Gasteiger partial charge in [-0.1, -0.05) is 6.92 Å². The van der Waals surface area contributed by atoms with Gasteiger partial charge in [-0.05, 0) is 81.9 Å². The molecule has 0 aromatic carbocycles. The van der Waals surface area contributed by atoms with Gasteiger partial charge in [0, 0.05) is 35.2 Å². The Balaban J connectivity index is 1.68. The van der Waals surface area contributed by atoms with Crippen LogP contribution >= 0.6 is 0 Å². The quantitative estimate of drug-likeness (QED) is 0.689. The number of carbonyl (C=O) groups is 1. The van der Waals surface area contributed by atoms with E-state index in [4.69, 9.17) is 9.98 Å². The molecule has 6 rings (SSSR count). The molecule has 4 aliphatic heterocycles. The van der Waals surface area contributed by atoms with Gasteiger partial charge in [0.25, 0.3) is 0 Å². The van der Waals surface area contributed by atoms with Gasteiger partial charge in [0.2, 0.25) is 0 Å². The van der Waals surface area contributed by atoms with Gasteiger partial charge in [0.1, 0.15) is 11.9 Å². The Hall–Kier alpha value is -4.20. The number of aryl methyl sites for hydroxylation is 1. The van der Waals surface area contributed by atoms with Gasteiger partial charge in [-0.15, -0.1) is 0 Å². The molecule has 1 N–H and O–H groups in total. The maximum absolute atomic E-state index is 17.3. The number of ketones is 1. The molecular formula is C30H29FN6O. The average Bonchev–Trinajstić information content (AvgIpc) is 3.65. The molecule has 2 atom stereocenters. The average molecular weight is 509 g/mol. The summed E-state index contributed by atoms with van der Waals surface area (Å²) in [5.41, 5.74) is 0.332. The lowest BCUT2D eigenvalue weighted by atomic mass is 9.81. The number of carbonyl (C=O) groups excluding carboxylic acids is 1. The largest absolute Gasteiger partial charge is 0.358 e. The minimum atomic E-state index is -1.49. The number of H-pyrrole nitrogens is 1. The summed E-state index contributed by atoms with van der Waals surface area (Å²) < 4.78 is 17.3. The van der Waals surface area contributed by atoms with E-state index in [-0.39, 0.29) is 5.78 Å². The van der Waals surface area contributed by atoms with E-state index in [2.05, 4.69) is 15.0 Å². The van der Waals surface area contributed by atoms with E-state index in [1.54, 1.807) is 39.2 Å². The van der Waals surface area contributed by atoms with Crippen molar-refractivity contribution in [3.05, 3.63) is 94.2 Å². The highest BCUT2D eigenvalue weighted by Crippen LogP contribution is 2.50. The third-order valence-corrected chi connectivity index (χ3v) is 7.48. The molecule has 192 valence electrons. The molecule has 0 radical (unpaired) electrons. The van der Waals surface area contributed by atoms with Crippen molar-refractivity contribution in [1.29, 1.82) is 0 Å². The minimum Gasteiger partial charge on any atom is -0.358 e. The molecule has 0 saturated carbocycles. The van der Waals surface area contributed by atoms with E-state index < -0.39 is 22.8 Å². The number of hydrogen-bond donors (Lipinski definition) is 1. The lowest BCUT2D eigenvalue weighted by Crippen LogP contribution is -2.33. The SMILES string of the molecule is CCCN1C2=C(F)C3(c4cnc(C)nc4)C=CC(=N3)C=c3ccc([nH]3)=CC3=NC(=CC1C(=O)C2(C)C)C=C3. The van der Waals surface area contributed by atoms with E-state index in [0.717, 1.165) is 22.8 Å². The van der Waals surface area contributed by atoms with Crippen LogP contribution in [0.15, 0.2) is 82.1 Å². The summed E-state index contributed by atoms with van der Waals surface area (Å²) in [6.07, 6.45) is 17.0. The predicted octanol–water partition coefficient (Wildman–Crippen LogP) is 3.36. The van der Waals surface area contributed by atoms with Crippen LogP contribution in [0.3, 0.4) is 0 Å². The second-order valence-corrected chi connectivity index (χ2v) is 10.6. The van der Waals surface area contributed by atoms with E-state index in [0.29, 0.717) is 35.0 Å². The highest BCUT2D eigenvalue weighted by Gasteiger charge is 2.54. The molecule has 0 amide bonds. The van der Waals surface area contributed by atoms with Crippen LogP contribution in [0.4, 0.5) is 4.39 Å². The van der Waals surface area contributed by atoms with E-state index in [1.165, 1.54) is 0 Å². The zero-order valence-corrected chi connectivity index (χ0v) is 21.9. The summed E-state index contributed by atoms with van der Waals surface area (Å²) >= 11 is 0. The summed E-state index contributed by atoms with van der Waals surface area (Å²) in [7, 11) is 0. The monoisotopic (exact) mass is 508 g/mol. The number of aliphatic imine (C=N–C) groups is 2. The normalized spacial score (nSPS) is 25.3. The summed E-state index contributed by atoms with van der Waals surface area (Å²) in [6, 6.07) is 3.26. The Labute approximate surface area is 220 Å². The van der Waals surface area contributed by atoms with Gasteiger partial charge < -0.3 is 9.88 Å². The summed E-state index contributed by atoms with van der Waals surface area (Å²) in [5, 5.41) is 1.71. The molecule has 4 aliphatic rings. The fourth-order valence-electron chi connectivity index (χ4n) is 5.57. The van der Waals surface area contributed by atoms with Crippen LogP contribution < -0.4 is 10.7 Å². The van der Waals surface area contributed by atoms with Crippen LogP contribution in [0, 0.1) is 12.3 Å². The third-order valence-electron chi connectivity index (χ3n) is 7.48.